The first-order valence-electron chi connectivity index (χ1n) is 8.15. The highest BCUT2D eigenvalue weighted by atomic mass is 35.5. The van der Waals surface area contributed by atoms with Gasteiger partial charge in [-0.05, 0) is 12.1 Å². The van der Waals surface area contributed by atoms with Gasteiger partial charge >= 0.3 is 0 Å². The van der Waals surface area contributed by atoms with E-state index < -0.39 is 0 Å². The summed E-state index contributed by atoms with van der Waals surface area (Å²) < 4.78 is 1.37. The average Bonchev–Trinajstić information content (AvgIpc) is 3.16. The maximum Gasteiger partial charge on any atom is 0.266 e. The molecule has 0 aromatic carbocycles. The van der Waals surface area contributed by atoms with Gasteiger partial charge in [0.05, 0.1) is 10.6 Å². The van der Waals surface area contributed by atoms with E-state index in [-0.39, 0.29) is 5.56 Å². The summed E-state index contributed by atoms with van der Waals surface area (Å²) >= 11 is 6.29. The van der Waals surface area contributed by atoms with Crippen molar-refractivity contribution in [3.05, 3.63) is 45.3 Å². The van der Waals surface area contributed by atoms with Gasteiger partial charge in [-0.15, -0.1) is 0 Å². The van der Waals surface area contributed by atoms with E-state index in [2.05, 4.69) is 26.0 Å². The smallest absolute Gasteiger partial charge is 0.266 e. The number of pyridine rings is 1. The summed E-state index contributed by atoms with van der Waals surface area (Å²) in [7, 11) is 1.67. The van der Waals surface area contributed by atoms with Crippen molar-refractivity contribution in [2.75, 3.05) is 36.0 Å². The topological polar surface area (TPSA) is 78.1 Å². The van der Waals surface area contributed by atoms with Gasteiger partial charge in [-0.2, -0.15) is 10.4 Å². The summed E-state index contributed by atoms with van der Waals surface area (Å²) in [6.07, 6.45) is 1.57. The molecule has 2 aliphatic heterocycles. The van der Waals surface area contributed by atoms with Gasteiger partial charge in [0.1, 0.15) is 17.7 Å². The van der Waals surface area contributed by atoms with Crippen LogP contribution >= 0.6 is 11.6 Å². The monoisotopic (exact) mass is 356 g/mol. The van der Waals surface area contributed by atoms with E-state index in [0.29, 0.717) is 22.4 Å². The number of aromatic nitrogens is 3. The van der Waals surface area contributed by atoms with Crippen LogP contribution in [0.15, 0.2) is 29.2 Å². The van der Waals surface area contributed by atoms with Crippen LogP contribution in [0.2, 0.25) is 5.02 Å². The van der Waals surface area contributed by atoms with Crippen molar-refractivity contribution in [2.45, 2.75) is 0 Å². The van der Waals surface area contributed by atoms with Crippen molar-refractivity contribution >= 4 is 23.2 Å². The number of nitriles is 1. The minimum Gasteiger partial charge on any atom is -0.355 e. The van der Waals surface area contributed by atoms with Crippen LogP contribution in [0.4, 0.5) is 11.6 Å². The van der Waals surface area contributed by atoms with Crippen LogP contribution in [0, 0.1) is 23.2 Å². The minimum absolute atomic E-state index is 0.101. The lowest BCUT2D eigenvalue weighted by molar-refractivity contribution is 0.533. The quantitative estimate of drug-likeness (QED) is 0.806. The lowest BCUT2D eigenvalue weighted by Gasteiger charge is -2.23. The lowest BCUT2D eigenvalue weighted by Crippen LogP contribution is -2.31. The Kier molecular flexibility index (Phi) is 3.85. The molecule has 0 N–H and O–H groups in total. The lowest BCUT2D eigenvalue weighted by atomic mass is 10.0. The molecule has 0 saturated carbocycles. The standard InChI is InChI=1S/C17H17ClN6O/c1-22-16(25)3-2-15(21-22)23-7-12-9-24(10-13(12)8-23)17-14(18)4-11(5-19)6-20-17/h2-4,6,12-13H,7-10H2,1H3. The molecule has 7 nitrogen and oxygen atoms in total. The van der Waals surface area contributed by atoms with Gasteiger partial charge < -0.3 is 9.80 Å². The third-order valence-corrected chi connectivity index (χ3v) is 5.29. The summed E-state index contributed by atoms with van der Waals surface area (Å²) in [6, 6.07) is 7.07. The van der Waals surface area contributed by atoms with E-state index in [1.54, 1.807) is 31.4 Å². The van der Waals surface area contributed by atoms with Crippen LogP contribution < -0.4 is 15.4 Å². The third-order valence-electron chi connectivity index (χ3n) is 5.01. The molecule has 0 aliphatic carbocycles. The summed E-state index contributed by atoms with van der Waals surface area (Å²) in [4.78, 5) is 20.3. The second kappa shape index (κ2) is 6.05. The molecule has 2 aromatic rings. The third kappa shape index (κ3) is 2.83. The maximum atomic E-state index is 11.5. The molecule has 0 bridgehead atoms. The Bertz CT molecular complexity index is 906. The molecule has 2 atom stereocenters. The molecule has 2 aliphatic rings. The van der Waals surface area contributed by atoms with Crippen LogP contribution in [-0.4, -0.2) is 40.9 Å². The summed E-state index contributed by atoms with van der Waals surface area (Å²) in [5, 5.41) is 13.8. The fourth-order valence-electron chi connectivity index (χ4n) is 3.74. The van der Waals surface area contributed by atoms with E-state index in [1.807, 2.05) is 0 Å². The molecule has 2 fully saturated rings. The summed E-state index contributed by atoms with van der Waals surface area (Å²) in [5.74, 6) is 2.61. The molecular weight excluding hydrogens is 340 g/mol. The Morgan fingerprint density at radius 3 is 2.48 bits per heavy atom. The van der Waals surface area contributed by atoms with Crippen LogP contribution in [0.3, 0.4) is 0 Å². The molecule has 2 saturated heterocycles. The number of aryl methyl sites for hydroxylation is 1. The zero-order chi connectivity index (χ0) is 17.6. The Balaban J connectivity index is 1.48. The highest BCUT2D eigenvalue weighted by Crippen LogP contribution is 2.36. The zero-order valence-electron chi connectivity index (χ0n) is 13.8. The zero-order valence-corrected chi connectivity index (χ0v) is 14.5. The number of hydrogen-bond acceptors (Lipinski definition) is 6. The summed E-state index contributed by atoms with van der Waals surface area (Å²) in [5.41, 5.74) is 0.371. The molecule has 128 valence electrons. The average molecular weight is 357 g/mol. The van der Waals surface area contributed by atoms with E-state index in [9.17, 15) is 4.79 Å². The summed E-state index contributed by atoms with van der Waals surface area (Å²) in [6.45, 7) is 3.57. The SMILES string of the molecule is Cn1nc(N2CC3CN(c4ncc(C#N)cc4Cl)CC3C2)ccc1=O. The van der Waals surface area contributed by atoms with Crippen molar-refractivity contribution < 1.29 is 0 Å². The first kappa shape index (κ1) is 15.9. The predicted octanol–water partition coefficient (Wildman–Crippen LogP) is 1.27. The number of nitrogens with zero attached hydrogens (tertiary/aromatic N) is 6. The van der Waals surface area contributed by atoms with Crippen molar-refractivity contribution in [2.24, 2.45) is 18.9 Å². The molecule has 25 heavy (non-hydrogen) atoms. The van der Waals surface area contributed by atoms with Crippen LogP contribution in [-0.2, 0) is 7.05 Å². The second-order valence-electron chi connectivity index (χ2n) is 6.62. The predicted molar refractivity (Wildman–Crippen MR) is 94.8 cm³/mol. The second-order valence-corrected chi connectivity index (χ2v) is 7.03. The molecule has 0 radical (unpaired) electrons. The highest BCUT2D eigenvalue weighted by Gasteiger charge is 2.41. The Hall–Kier alpha value is -2.59. The van der Waals surface area contributed by atoms with Gasteiger partial charge in [0.25, 0.3) is 5.56 Å². The molecule has 2 unspecified atom stereocenters. The fourth-order valence-corrected chi connectivity index (χ4v) is 4.02. The molecule has 4 rings (SSSR count). The Morgan fingerprint density at radius 1 is 1.20 bits per heavy atom. The molecule has 4 heterocycles. The molecule has 2 aromatic heterocycles. The van der Waals surface area contributed by atoms with E-state index in [1.165, 1.54) is 4.68 Å². The van der Waals surface area contributed by atoms with Crippen molar-refractivity contribution in [3.8, 4) is 6.07 Å². The molecular formula is C17H17ClN6O. The molecule has 8 heteroatoms. The Labute approximate surface area is 150 Å². The van der Waals surface area contributed by atoms with Gasteiger partial charge in [0.15, 0.2) is 0 Å². The largest absolute Gasteiger partial charge is 0.355 e. The van der Waals surface area contributed by atoms with Crippen LogP contribution in [0.1, 0.15) is 5.56 Å². The van der Waals surface area contributed by atoms with Gasteiger partial charge in [-0.25, -0.2) is 9.67 Å². The van der Waals surface area contributed by atoms with Crippen molar-refractivity contribution in [1.82, 2.24) is 14.8 Å². The maximum absolute atomic E-state index is 11.5. The molecule has 0 amide bonds. The van der Waals surface area contributed by atoms with Crippen molar-refractivity contribution in [1.29, 1.82) is 5.26 Å². The minimum atomic E-state index is -0.101. The van der Waals surface area contributed by atoms with Gasteiger partial charge in [-0.3, -0.25) is 4.79 Å². The van der Waals surface area contributed by atoms with Gasteiger partial charge in [0, 0.05) is 57.3 Å². The number of hydrogen-bond donors (Lipinski definition) is 0. The van der Waals surface area contributed by atoms with Gasteiger partial charge in [0.2, 0.25) is 0 Å². The number of rotatable bonds is 2. The Morgan fingerprint density at radius 2 is 1.88 bits per heavy atom. The van der Waals surface area contributed by atoms with Crippen LogP contribution in [0.25, 0.3) is 0 Å². The number of anilines is 2. The first-order valence-corrected chi connectivity index (χ1v) is 8.53. The van der Waals surface area contributed by atoms with E-state index >= 15 is 0 Å². The number of halogens is 1. The van der Waals surface area contributed by atoms with Crippen molar-refractivity contribution in [3.63, 3.8) is 0 Å². The highest BCUT2D eigenvalue weighted by molar-refractivity contribution is 6.33. The first-order chi connectivity index (χ1) is 12.0. The van der Waals surface area contributed by atoms with E-state index in [4.69, 9.17) is 16.9 Å². The van der Waals surface area contributed by atoms with Crippen LogP contribution in [0.5, 0.6) is 0 Å². The fraction of sp³-hybridized carbons (Fsp3) is 0.412. The van der Waals surface area contributed by atoms with Gasteiger partial charge in [-0.1, -0.05) is 11.6 Å². The number of fused-ring (bicyclic) bond motifs is 1. The molecule has 0 spiro atoms. The van der Waals surface area contributed by atoms with E-state index in [0.717, 1.165) is 37.8 Å². The normalized spacial score (nSPS) is 22.1.